The first-order valence-corrected chi connectivity index (χ1v) is 6.80. The van der Waals surface area contributed by atoms with Gasteiger partial charge >= 0.3 is 0 Å². The van der Waals surface area contributed by atoms with Gasteiger partial charge in [0.05, 0.1) is 44.3 Å². The van der Waals surface area contributed by atoms with Crippen LogP contribution >= 0.6 is 23.2 Å². The van der Waals surface area contributed by atoms with Gasteiger partial charge in [0, 0.05) is 0 Å². The summed E-state index contributed by atoms with van der Waals surface area (Å²) in [5.74, 6) is 0. The van der Waals surface area contributed by atoms with Crippen LogP contribution in [0, 0.1) is 0 Å². The largest absolute Gasteiger partial charge is 0.397 e. The molecule has 0 bridgehead atoms. The Kier molecular flexibility index (Phi) is 3.45. The van der Waals surface area contributed by atoms with Crippen molar-refractivity contribution < 1.29 is 0 Å². The van der Waals surface area contributed by atoms with E-state index in [0.29, 0.717) is 38.0 Å². The molecule has 1 aromatic heterocycles. The van der Waals surface area contributed by atoms with Crippen LogP contribution in [-0.2, 0) is 0 Å². The van der Waals surface area contributed by atoms with Gasteiger partial charge in [-0.3, -0.25) is 4.79 Å². The average molecular weight is 321 g/mol. The summed E-state index contributed by atoms with van der Waals surface area (Å²) < 4.78 is 0. The Hall–Kier alpha value is -2.24. The van der Waals surface area contributed by atoms with Gasteiger partial charge in [-0.05, 0) is 24.3 Å². The predicted molar refractivity (Wildman–Crippen MR) is 86.5 cm³/mol. The quantitative estimate of drug-likeness (QED) is 0.630. The third kappa shape index (κ3) is 2.53. The summed E-state index contributed by atoms with van der Waals surface area (Å²) in [6, 6.07) is 8.43. The van der Waals surface area contributed by atoms with Gasteiger partial charge in [-0.1, -0.05) is 29.3 Å². The van der Waals surface area contributed by atoms with Gasteiger partial charge in [-0.15, -0.1) is 0 Å². The Bertz CT molecular complexity index is 872. The Morgan fingerprint density at radius 2 is 1.90 bits per heavy atom. The molecule has 4 N–H and O–H groups in total. The molecule has 0 aliphatic heterocycles. The standard InChI is InChI=1S/C14H10Cl2N4O/c15-8-2-1-3-9(16)13(8)20-12-5-11-7(4-10(12)17)14(21)19-6-18-11/h1-6,20H,17H2,(H,18,19,21). The third-order valence-electron chi connectivity index (χ3n) is 3.03. The van der Waals surface area contributed by atoms with Gasteiger partial charge in [0.15, 0.2) is 0 Å². The number of rotatable bonds is 2. The lowest BCUT2D eigenvalue weighted by molar-refractivity contribution is 1.17. The second-order valence-corrected chi connectivity index (χ2v) is 5.22. The highest BCUT2D eigenvalue weighted by molar-refractivity contribution is 6.39. The predicted octanol–water partition coefficient (Wildman–Crippen LogP) is 3.56. The summed E-state index contributed by atoms with van der Waals surface area (Å²) >= 11 is 12.2. The van der Waals surface area contributed by atoms with Crippen molar-refractivity contribution in [2.75, 3.05) is 11.1 Å². The van der Waals surface area contributed by atoms with E-state index in [0.717, 1.165) is 0 Å². The van der Waals surface area contributed by atoms with Crippen LogP contribution in [0.4, 0.5) is 17.1 Å². The highest BCUT2D eigenvalue weighted by atomic mass is 35.5. The highest BCUT2D eigenvalue weighted by Gasteiger charge is 2.10. The number of aromatic amines is 1. The average Bonchev–Trinajstić information content (AvgIpc) is 2.45. The van der Waals surface area contributed by atoms with Crippen LogP contribution in [0.5, 0.6) is 0 Å². The molecule has 3 rings (SSSR count). The minimum atomic E-state index is -0.242. The lowest BCUT2D eigenvalue weighted by atomic mass is 10.2. The van der Waals surface area contributed by atoms with Crippen LogP contribution in [0.15, 0.2) is 41.5 Å². The molecule has 0 amide bonds. The first kappa shape index (κ1) is 13.7. The van der Waals surface area contributed by atoms with Crippen LogP contribution in [0.3, 0.4) is 0 Å². The maximum absolute atomic E-state index is 11.7. The molecule has 0 saturated carbocycles. The monoisotopic (exact) mass is 320 g/mol. The Labute approximate surface area is 129 Å². The smallest absolute Gasteiger partial charge is 0.258 e. The van der Waals surface area contributed by atoms with Gasteiger partial charge in [0.1, 0.15) is 0 Å². The van der Waals surface area contributed by atoms with Crippen LogP contribution in [0.25, 0.3) is 10.9 Å². The van der Waals surface area contributed by atoms with Crippen molar-refractivity contribution >= 4 is 51.2 Å². The fraction of sp³-hybridized carbons (Fsp3) is 0. The molecule has 3 aromatic rings. The first-order valence-electron chi connectivity index (χ1n) is 6.04. The third-order valence-corrected chi connectivity index (χ3v) is 3.66. The first-order chi connectivity index (χ1) is 10.1. The summed E-state index contributed by atoms with van der Waals surface area (Å²) in [5.41, 5.74) is 7.79. The maximum Gasteiger partial charge on any atom is 0.258 e. The van der Waals surface area contributed by atoms with Crippen molar-refractivity contribution in [3.63, 3.8) is 0 Å². The Balaban J connectivity index is 2.13. The van der Waals surface area contributed by atoms with Crippen LogP contribution in [0.1, 0.15) is 0 Å². The van der Waals surface area contributed by atoms with Gasteiger partial charge in [-0.2, -0.15) is 0 Å². The number of aromatic nitrogens is 2. The van der Waals surface area contributed by atoms with E-state index in [4.69, 9.17) is 28.9 Å². The van der Waals surface area contributed by atoms with E-state index >= 15 is 0 Å². The minimum Gasteiger partial charge on any atom is -0.397 e. The molecular formula is C14H10Cl2N4O. The van der Waals surface area contributed by atoms with Crippen molar-refractivity contribution in [1.82, 2.24) is 9.97 Å². The fourth-order valence-corrected chi connectivity index (χ4v) is 2.48. The van der Waals surface area contributed by atoms with Crippen molar-refractivity contribution in [1.29, 1.82) is 0 Å². The molecule has 0 aliphatic carbocycles. The van der Waals surface area contributed by atoms with Crippen molar-refractivity contribution in [3.05, 3.63) is 57.1 Å². The molecular weight excluding hydrogens is 311 g/mol. The SMILES string of the molecule is Nc1cc2c(=O)[nH]cnc2cc1Nc1c(Cl)cccc1Cl. The molecule has 106 valence electrons. The van der Waals surface area contributed by atoms with E-state index < -0.39 is 0 Å². The number of H-pyrrole nitrogens is 1. The zero-order valence-corrected chi connectivity index (χ0v) is 12.2. The van der Waals surface area contributed by atoms with E-state index in [1.807, 2.05) is 0 Å². The van der Waals surface area contributed by atoms with E-state index in [1.54, 1.807) is 30.3 Å². The van der Waals surface area contributed by atoms with Crippen LogP contribution in [0.2, 0.25) is 10.0 Å². The number of nitrogens with two attached hydrogens (primary N) is 1. The van der Waals surface area contributed by atoms with Crippen molar-refractivity contribution in [2.45, 2.75) is 0 Å². The van der Waals surface area contributed by atoms with Crippen molar-refractivity contribution in [2.24, 2.45) is 0 Å². The fourth-order valence-electron chi connectivity index (χ4n) is 1.99. The van der Waals surface area contributed by atoms with Crippen LogP contribution < -0.4 is 16.6 Å². The van der Waals surface area contributed by atoms with E-state index in [9.17, 15) is 4.79 Å². The van der Waals surface area contributed by atoms with E-state index in [2.05, 4.69) is 15.3 Å². The number of nitrogen functional groups attached to an aromatic ring is 1. The Morgan fingerprint density at radius 3 is 2.62 bits per heavy atom. The molecule has 0 fully saturated rings. The summed E-state index contributed by atoms with van der Waals surface area (Å²) in [6.45, 7) is 0. The minimum absolute atomic E-state index is 0.242. The maximum atomic E-state index is 11.7. The number of benzene rings is 2. The molecule has 5 nitrogen and oxygen atoms in total. The molecule has 0 unspecified atom stereocenters. The lowest BCUT2D eigenvalue weighted by Gasteiger charge is -2.13. The lowest BCUT2D eigenvalue weighted by Crippen LogP contribution is -2.07. The number of halogens is 2. The molecule has 21 heavy (non-hydrogen) atoms. The number of fused-ring (bicyclic) bond motifs is 1. The summed E-state index contributed by atoms with van der Waals surface area (Å²) in [6.07, 6.45) is 1.34. The normalized spacial score (nSPS) is 10.8. The topological polar surface area (TPSA) is 83.8 Å². The second kappa shape index (κ2) is 5.27. The molecule has 0 aliphatic rings. The summed E-state index contributed by atoms with van der Waals surface area (Å²) in [4.78, 5) is 18.3. The molecule has 0 atom stereocenters. The zero-order valence-electron chi connectivity index (χ0n) is 10.7. The molecule has 2 aromatic carbocycles. The zero-order chi connectivity index (χ0) is 15.0. The number of anilines is 3. The highest BCUT2D eigenvalue weighted by Crippen LogP contribution is 2.35. The number of nitrogens with one attached hydrogen (secondary N) is 2. The molecule has 7 heteroatoms. The molecule has 1 heterocycles. The van der Waals surface area contributed by atoms with Gasteiger partial charge in [0.25, 0.3) is 5.56 Å². The summed E-state index contributed by atoms with van der Waals surface area (Å²) in [7, 11) is 0. The molecule has 0 radical (unpaired) electrons. The Morgan fingerprint density at radius 1 is 1.19 bits per heavy atom. The van der Waals surface area contributed by atoms with E-state index in [1.165, 1.54) is 6.33 Å². The van der Waals surface area contributed by atoms with Crippen LogP contribution in [-0.4, -0.2) is 9.97 Å². The van der Waals surface area contributed by atoms with Gasteiger partial charge in [0.2, 0.25) is 0 Å². The van der Waals surface area contributed by atoms with Crippen molar-refractivity contribution in [3.8, 4) is 0 Å². The van der Waals surface area contributed by atoms with Gasteiger partial charge < -0.3 is 16.0 Å². The van der Waals surface area contributed by atoms with Gasteiger partial charge in [-0.25, -0.2) is 4.98 Å². The molecule has 0 saturated heterocycles. The van der Waals surface area contributed by atoms with E-state index in [-0.39, 0.29) is 5.56 Å². The number of para-hydroxylation sites is 1. The summed E-state index contributed by atoms with van der Waals surface area (Å²) in [5, 5.41) is 4.45. The number of hydrogen-bond acceptors (Lipinski definition) is 4. The number of nitrogens with zero attached hydrogens (tertiary/aromatic N) is 1. The second-order valence-electron chi connectivity index (χ2n) is 4.41. The molecule has 0 spiro atoms. The number of hydrogen-bond donors (Lipinski definition) is 3.